The minimum absolute atomic E-state index is 0.169. The van der Waals surface area contributed by atoms with Gasteiger partial charge in [0.1, 0.15) is 0 Å². The molecule has 0 aliphatic carbocycles. The van der Waals surface area contributed by atoms with Crippen molar-refractivity contribution in [1.82, 2.24) is 0 Å². The molecular weight excluding hydrogens is 320 g/mol. The van der Waals surface area contributed by atoms with E-state index in [0.717, 1.165) is 5.75 Å². The highest BCUT2D eigenvalue weighted by Gasteiger charge is 2.15. The van der Waals surface area contributed by atoms with E-state index in [4.69, 9.17) is 14.6 Å². The first-order valence-electron chi connectivity index (χ1n) is 5.41. The Kier molecular flexibility index (Phi) is 6.35. The molecule has 100 valence electrons. The Bertz CT molecular complexity index is 423. The third-order valence-electron chi connectivity index (χ3n) is 2.09. The first-order chi connectivity index (χ1) is 8.60. The summed E-state index contributed by atoms with van der Waals surface area (Å²) in [6, 6.07) is 2.99. The van der Waals surface area contributed by atoms with Gasteiger partial charge in [0.05, 0.1) is 23.2 Å². The van der Waals surface area contributed by atoms with Gasteiger partial charge in [-0.1, -0.05) is 0 Å². The normalized spacial score (nSPS) is 10.2. The number of thioether (sulfide) groups is 1. The summed E-state index contributed by atoms with van der Waals surface area (Å²) < 4.78 is 11.6. The van der Waals surface area contributed by atoms with Crippen LogP contribution in [0.4, 0.5) is 0 Å². The molecule has 0 amide bonds. The summed E-state index contributed by atoms with van der Waals surface area (Å²) >= 11 is 4.99. The standard InChI is InChI=1S/C12H15BrO4S/c1-3-16-10-7-8(12(14)15)6-9(13)11(10)17-4-5-18-2/h6-7H,3-5H2,1-2H3,(H,14,15). The molecular formula is C12H15BrO4S. The summed E-state index contributed by atoms with van der Waals surface area (Å²) in [7, 11) is 0. The van der Waals surface area contributed by atoms with Crippen LogP contribution in [-0.4, -0.2) is 36.3 Å². The molecule has 0 saturated carbocycles. The molecule has 0 radical (unpaired) electrons. The van der Waals surface area contributed by atoms with Crippen molar-refractivity contribution < 1.29 is 19.4 Å². The molecule has 0 fully saturated rings. The SMILES string of the molecule is CCOc1cc(C(=O)O)cc(Br)c1OCCSC. The zero-order valence-electron chi connectivity index (χ0n) is 10.2. The summed E-state index contributed by atoms with van der Waals surface area (Å²) in [4.78, 5) is 11.0. The van der Waals surface area contributed by atoms with Gasteiger partial charge in [-0.25, -0.2) is 4.79 Å². The van der Waals surface area contributed by atoms with Crippen LogP contribution in [0.2, 0.25) is 0 Å². The van der Waals surface area contributed by atoms with Gasteiger partial charge in [0.15, 0.2) is 11.5 Å². The lowest BCUT2D eigenvalue weighted by atomic mass is 10.2. The van der Waals surface area contributed by atoms with Crippen molar-refractivity contribution in [3.8, 4) is 11.5 Å². The predicted octanol–water partition coefficient (Wildman–Crippen LogP) is 3.29. The zero-order chi connectivity index (χ0) is 13.5. The number of ether oxygens (including phenoxy) is 2. The second-order valence-corrected chi connectivity index (χ2v) is 5.20. The third kappa shape index (κ3) is 4.10. The monoisotopic (exact) mass is 334 g/mol. The summed E-state index contributed by atoms with van der Waals surface area (Å²) in [5.74, 6) is 0.868. The summed E-state index contributed by atoms with van der Waals surface area (Å²) in [5.41, 5.74) is 0.169. The lowest BCUT2D eigenvalue weighted by molar-refractivity contribution is 0.0696. The van der Waals surface area contributed by atoms with Gasteiger partial charge in [-0.3, -0.25) is 0 Å². The smallest absolute Gasteiger partial charge is 0.335 e. The zero-order valence-corrected chi connectivity index (χ0v) is 12.6. The lowest BCUT2D eigenvalue weighted by Crippen LogP contribution is -2.05. The average Bonchev–Trinajstić information content (AvgIpc) is 2.32. The van der Waals surface area contributed by atoms with Crippen molar-refractivity contribution in [2.24, 2.45) is 0 Å². The highest BCUT2D eigenvalue weighted by atomic mass is 79.9. The van der Waals surface area contributed by atoms with Crippen molar-refractivity contribution in [1.29, 1.82) is 0 Å². The van der Waals surface area contributed by atoms with E-state index in [-0.39, 0.29) is 5.56 Å². The van der Waals surface area contributed by atoms with Gasteiger partial charge in [-0.05, 0) is 41.2 Å². The van der Waals surface area contributed by atoms with Crippen molar-refractivity contribution >= 4 is 33.7 Å². The van der Waals surface area contributed by atoms with Crippen molar-refractivity contribution in [2.45, 2.75) is 6.92 Å². The molecule has 0 atom stereocenters. The van der Waals surface area contributed by atoms with Crippen LogP contribution < -0.4 is 9.47 Å². The highest BCUT2D eigenvalue weighted by Crippen LogP contribution is 2.37. The second-order valence-electron chi connectivity index (χ2n) is 3.36. The van der Waals surface area contributed by atoms with Crippen LogP contribution in [0, 0.1) is 0 Å². The molecule has 18 heavy (non-hydrogen) atoms. The second kappa shape index (κ2) is 7.53. The minimum atomic E-state index is -0.993. The van der Waals surface area contributed by atoms with Crippen LogP contribution in [0.5, 0.6) is 11.5 Å². The van der Waals surface area contributed by atoms with E-state index in [0.29, 0.717) is 29.2 Å². The number of hydrogen-bond acceptors (Lipinski definition) is 4. The predicted molar refractivity (Wildman–Crippen MR) is 76.1 cm³/mol. The number of carbonyl (C=O) groups is 1. The Morgan fingerprint density at radius 1 is 1.44 bits per heavy atom. The third-order valence-corrected chi connectivity index (χ3v) is 3.25. The maximum Gasteiger partial charge on any atom is 0.335 e. The molecule has 0 spiro atoms. The molecule has 0 saturated heterocycles. The van der Waals surface area contributed by atoms with Gasteiger partial charge in [0, 0.05) is 5.75 Å². The number of halogens is 1. The Labute approximate surface area is 119 Å². The van der Waals surface area contributed by atoms with Crippen LogP contribution in [0.1, 0.15) is 17.3 Å². The number of rotatable bonds is 7. The van der Waals surface area contributed by atoms with Crippen molar-refractivity contribution in [3.05, 3.63) is 22.2 Å². The van der Waals surface area contributed by atoms with Crippen LogP contribution in [0.15, 0.2) is 16.6 Å². The minimum Gasteiger partial charge on any atom is -0.490 e. The number of aromatic carboxylic acids is 1. The van der Waals surface area contributed by atoms with Crippen LogP contribution >= 0.6 is 27.7 Å². The van der Waals surface area contributed by atoms with Crippen molar-refractivity contribution in [2.75, 3.05) is 25.2 Å². The summed E-state index contributed by atoms with van der Waals surface area (Å²) in [5, 5.41) is 8.99. The number of benzene rings is 1. The molecule has 0 bridgehead atoms. The van der Waals surface area contributed by atoms with E-state index in [1.54, 1.807) is 11.8 Å². The molecule has 1 rings (SSSR count). The Morgan fingerprint density at radius 3 is 2.72 bits per heavy atom. The number of hydrogen-bond donors (Lipinski definition) is 1. The molecule has 0 aromatic heterocycles. The largest absolute Gasteiger partial charge is 0.490 e. The summed E-state index contributed by atoms with van der Waals surface area (Å²) in [6.45, 7) is 2.84. The topological polar surface area (TPSA) is 55.8 Å². The van der Waals surface area contributed by atoms with Gasteiger partial charge in [0.25, 0.3) is 0 Å². The van der Waals surface area contributed by atoms with E-state index in [9.17, 15) is 4.79 Å². The van der Waals surface area contributed by atoms with Gasteiger partial charge in [0.2, 0.25) is 0 Å². The van der Waals surface area contributed by atoms with E-state index < -0.39 is 5.97 Å². The van der Waals surface area contributed by atoms with Gasteiger partial charge >= 0.3 is 5.97 Å². The van der Waals surface area contributed by atoms with Crippen molar-refractivity contribution in [3.63, 3.8) is 0 Å². The molecule has 0 unspecified atom stereocenters. The van der Waals surface area contributed by atoms with Gasteiger partial charge in [-0.2, -0.15) is 11.8 Å². The summed E-state index contributed by atoms with van der Waals surface area (Å²) in [6.07, 6.45) is 2.00. The first-order valence-corrected chi connectivity index (χ1v) is 7.60. The fourth-order valence-corrected chi connectivity index (χ4v) is 2.13. The molecule has 0 aliphatic heterocycles. The average molecular weight is 335 g/mol. The molecule has 0 heterocycles. The molecule has 1 N–H and O–H groups in total. The molecule has 1 aromatic rings. The maximum absolute atomic E-state index is 11.0. The number of carboxylic acid groups (broad SMARTS) is 1. The van der Waals surface area contributed by atoms with Crippen LogP contribution in [-0.2, 0) is 0 Å². The van der Waals surface area contributed by atoms with Crippen LogP contribution in [0.3, 0.4) is 0 Å². The fourth-order valence-electron chi connectivity index (χ4n) is 1.32. The fraction of sp³-hybridized carbons (Fsp3) is 0.417. The molecule has 6 heteroatoms. The van der Waals surface area contributed by atoms with E-state index >= 15 is 0 Å². The Balaban J connectivity index is 3.02. The molecule has 0 aliphatic rings. The van der Waals surface area contributed by atoms with Crippen LogP contribution in [0.25, 0.3) is 0 Å². The maximum atomic E-state index is 11.0. The van der Waals surface area contributed by atoms with E-state index in [2.05, 4.69) is 15.9 Å². The van der Waals surface area contributed by atoms with E-state index in [1.165, 1.54) is 12.1 Å². The highest BCUT2D eigenvalue weighted by molar-refractivity contribution is 9.10. The number of carboxylic acids is 1. The molecule has 1 aromatic carbocycles. The van der Waals surface area contributed by atoms with Gasteiger partial charge < -0.3 is 14.6 Å². The molecule has 4 nitrogen and oxygen atoms in total. The Hall–Kier alpha value is -0.880. The lowest BCUT2D eigenvalue weighted by Gasteiger charge is -2.14. The van der Waals surface area contributed by atoms with Gasteiger partial charge in [-0.15, -0.1) is 0 Å². The first kappa shape index (κ1) is 15.2. The Morgan fingerprint density at radius 2 is 2.17 bits per heavy atom. The quantitative estimate of drug-likeness (QED) is 0.775. The van der Waals surface area contributed by atoms with E-state index in [1.807, 2.05) is 13.2 Å².